The molecule has 1 atom stereocenters. The minimum atomic E-state index is -1.80. The summed E-state index contributed by atoms with van der Waals surface area (Å²) in [6.07, 6.45) is 2.03. The number of carbonyl (C=O) groups is 1. The molecule has 0 aromatic rings. The van der Waals surface area contributed by atoms with E-state index >= 15 is 0 Å². The normalized spacial score (nSPS) is 18.2. The van der Waals surface area contributed by atoms with Crippen LogP contribution in [0, 0.1) is 0 Å². The summed E-state index contributed by atoms with van der Waals surface area (Å²) in [5.74, 6) is -0.659. The van der Waals surface area contributed by atoms with Gasteiger partial charge in [-0.25, -0.2) is 0 Å². The number of nitrogens with two attached hydrogens (primary N) is 1. The van der Waals surface area contributed by atoms with Gasteiger partial charge in [0.25, 0.3) is 0 Å². The van der Waals surface area contributed by atoms with Gasteiger partial charge in [-0.2, -0.15) is 11.8 Å². The molecule has 0 saturated carbocycles. The van der Waals surface area contributed by atoms with Crippen molar-refractivity contribution in [1.82, 2.24) is 0 Å². The monoisotopic (exact) mass is 151 g/mol. The molecule has 0 aromatic heterocycles. The van der Waals surface area contributed by atoms with Crippen molar-refractivity contribution >= 4 is 17.7 Å². The van der Waals surface area contributed by atoms with Gasteiger partial charge in [0, 0.05) is 0 Å². The fraction of sp³-hybridized carbons (Fsp3) is 0.800. The van der Waals surface area contributed by atoms with Crippen molar-refractivity contribution in [3.8, 4) is 0 Å². The Labute approximate surface area is 60.0 Å². The van der Waals surface area contributed by atoms with Gasteiger partial charge in [-0.05, 0) is 18.4 Å². The van der Waals surface area contributed by atoms with E-state index in [4.69, 9.17) is 12.2 Å². The van der Waals surface area contributed by atoms with Crippen LogP contribution < -0.4 is 5.73 Å². The predicted molar refractivity (Wildman–Crippen MR) is 38.6 cm³/mol. The zero-order chi connectivity index (χ0) is 8.20. The highest BCUT2D eigenvalue weighted by molar-refractivity contribution is 7.98. The van der Waals surface area contributed by atoms with Crippen LogP contribution in [0.1, 0.15) is 7.79 Å². The smallest absolute Gasteiger partial charge is 0.320 e. The standard InChI is InChI=1S/C5H11NO2S/c1-9-3-2-4(6)5(7)8/h4H,2-3,6H2,1H3,(H,7,8)/i4T. The molecule has 0 aliphatic rings. The first kappa shape index (κ1) is 6.89. The largest absolute Gasteiger partial charge is 0.480 e. The average Bonchev–Trinajstić information content (AvgIpc) is 1.84. The lowest BCUT2D eigenvalue weighted by atomic mass is 10.2. The quantitative estimate of drug-likeness (QED) is 0.600. The summed E-state index contributed by atoms with van der Waals surface area (Å²) in [5, 5.41) is 8.35. The topological polar surface area (TPSA) is 63.3 Å². The van der Waals surface area contributed by atoms with E-state index in [1.54, 1.807) is 0 Å². The summed E-state index contributed by atoms with van der Waals surface area (Å²) in [4.78, 5) is 10.2. The Hall–Kier alpha value is -0.220. The zero-order valence-corrected chi connectivity index (χ0v) is 6.07. The highest BCUT2D eigenvalue weighted by Gasteiger charge is 2.08. The van der Waals surface area contributed by atoms with Crippen molar-refractivity contribution in [3.05, 3.63) is 0 Å². The predicted octanol–water partition coefficient (Wildman–Crippen LogP) is 0.151. The fourth-order valence-electron chi connectivity index (χ4n) is 0.319. The third-order valence-corrected chi connectivity index (χ3v) is 1.46. The molecule has 0 spiro atoms. The number of aliphatic carboxylic acids is 1. The Morgan fingerprint density at radius 2 is 2.67 bits per heavy atom. The molecule has 0 fully saturated rings. The van der Waals surface area contributed by atoms with Gasteiger partial charge in [-0.1, -0.05) is 0 Å². The lowest BCUT2D eigenvalue weighted by Gasteiger charge is -2.02. The fourth-order valence-corrected chi connectivity index (χ4v) is 0.743. The minimum Gasteiger partial charge on any atom is -0.480 e. The molecular formula is C5H11NO2S. The number of carboxylic acids is 1. The summed E-state index contributed by atoms with van der Waals surface area (Å²) in [5.41, 5.74) is 5.10. The molecule has 0 rings (SSSR count). The molecule has 0 radical (unpaired) electrons. The van der Waals surface area contributed by atoms with E-state index in [9.17, 15) is 4.79 Å². The average molecular weight is 151 g/mol. The van der Waals surface area contributed by atoms with Crippen LogP contribution in [-0.2, 0) is 4.79 Å². The lowest BCUT2D eigenvalue weighted by Crippen LogP contribution is -2.30. The molecule has 54 valence electrons. The van der Waals surface area contributed by atoms with Crippen LogP contribution in [0.15, 0.2) is 0 Å². The first-order chi connectivity index (χ1) is 4.50. The van der Waals surface area contributed by atoms with Gasteiger partial charge in [-0.15, -0.1) is 0 Å². The van der Waals surface area contributed by atoms with E-state index in [0.717, 1.165) is 0 Å². The molecule has 3 nitrogen and oxygen atoms in total. The highest BCUT2D eigenvalue weighted by Crippen LogP contribution is 1.97. The van der Waals surface area contributed by atoms with Crippen molar-refractivity contribution in [2.75, 3.05) is 12.0 Å². The molecular weight excluding hydrogens is 138 g/mol. The number of rotatable bonds is 4. The third-order valence-electron chi connectivity index (χ3n) is 0.850. The Bertz CT molecular complexity index is 129. The van der Waals surface area contributed by atoms with Crippen molar-refractivity contribution in [1.29, 1.82) is 0 Å². The minimum absolute atomic E-state index is 0.184. The second kappa shape index (κ2) is 4.64. The molecule has 0 saturated heterocycles. The molecule has 0 amide bonds. The summed E-state index contributed by atoms with van der Waals surface area (Å²) >= 11 is 1.48. The number of hydrogen-bond donors (Lipinski definition) is 2. The molecule has 0 aromatic carbocycles. The van der Waals surface area contributed by atoms with Crippen LogP contribution in [-0.4, -0.2) is 29.1 Å². The molecule has 9 heavy (non-hydrogen) atoms. The third kappa shape index (κ3) is 4.29. The Morgan fingerprint density at radius 3 is 3.00 bits per heavy atom. The Kier molecular flexibility index (Phi) is 3.55. The molecule has 1 unspecified atom stereocenters. The van der Waals surface area contributed by atoms with Crippen LogP contribution in [0.3, 0.4) is 0 Å². The van der Waals surface area contributed by atoms with Gasteiger partial charge in [0.15, 0.2) is 0 Å². The molecule has 3 N–H and O–H groups in total. The maximum Gasteiger partial charge on any atom is 0.320 e. The van der Waals surface area contributed by atoms with Crippen molar-refractivity contribution in [2.24, 2.45) is 5.73 Å². The van der Waals surface area contributed by atoms with Gasteiger partial charge in [-0.3, -0.25) is 4.79 Å². The maximum absolute atomic E-state index is 10.2. The van der Waals surface area contributed by atoms with Gasteiger partial charge in [0.1, 0.15) is 6.02 Å². The first-order valence-electron chi connectivity index (χ1n) is 3.02. The van der Waals surface area contributed by atoms with Crippen LogP contribution >= 0.6 is 11.8 Å². The van der Waals surface area contributed by atoms with Gasteiger partial charge >= 0.3 is 5.97 Å². The lowest BCUT2D eigenvalue weighted by molar-refractivity contribution is -0.138. The van der Waals surface area contributed by atoms with Crippen molar-refractivity contribution in [3.63, 3.8) is 0 Å². The number of thioether (sulfide) groups is 1. The first-order valence-corrected chi connectivity index (χ1v) is 3.91. The van der Waals surface area contributed by atoms with Crippen LogP contribution in [0.25, 0.3) is 0 Å². The van der Waals surface area contributed by atoms with E-state index in [1.807, 2.05) is 6.26 Å². The maximum atomic E-state index is 10.2. The molecule has 0 aliphatic heterocycles. The zero-order valence-electron chi connectivity index (χ0n) is 6.26. The SMILES string of the molecule is [3H]C(N)(CCSC)C(=O)O. The Morgan fingerprint density at radius 1 is 2.11 bits per heavy atom. The highest BCUT2D eigenvalue weighted by atomic mass is 32.2. The van der Waals surface area contributed by atoms with Crippen LogP contribution in [0.5, 0.6) is 0 Å². The summed E-state index contributed by atoms with van der Waals surface area (Å²) in [6, 6.07) is -1.80. The van der Waals surface area contributed by atoms with Crippen molar-refractivity contribution in [2.45, 2.75) is 12.4 Å². The van der Waals surface area contributed by atoms with Crippen molar-refractivity contribution < 1.29 is 11.3 Å². The van der Waals surface area contributed by atoms with Gasteiger partial charge in [0.2, 0.25) is 0 Å². The van der Waals surface area contributed by atoms with Gasteiger partial charge in [0.05, 0.1) is 1.37 Å². The number of hydrogen-bond acceptors (Lipinski definition) is 3. The molecule has 0 aliphatic carbocycles. The van der Waals surface area contributed by atoms with Crippen LogP contribution in [0.4, 0.5) is 0 Å². The number of carboxylic acid groups (broad SMARTS) is 1. The Balaban J connectivity index is 3.75. The second-order valence-electron chi connectivity index (χ2n) is 1.57. The second-order valence-corrected chi connectivity index (χ2v) is 2.56. The molecule has 0 heterocycles. The van der Waals surface area contributed by atoms with E-state index < -0.39 is 12.0 Å². The summed E-state index contributed by atoms with van der Waals surface area (Å²) in [6.45, 7) is 0. The summed E-state index contributed by atoms with van der Waals surface area (Å²) < 4.78 is 7.05. The van der Waals surface area contributed by atoms with E-state index in [0.29, 0.717) is 5.75 Å². The van der Waals surface area contributed by atoms with E-state index in [1.165, 1.54) is 11.8 Å². The molecule has 0 bridgehead atoms. The van der Waals surface area contributed by atoms with Gasteiger partial charge < -0.3 is 10.8 Å². The van der Waals surface area contributed by atoms with E-state index in [2.05, 4.69) is 0 Å². The van der Waals surface area contributed by atoms with E-state index in [-0.39, 0.29) is 6.42 Å². The summed E-state index contributed by atoms with van der Waals surface area (Å²) in [7, 11) is 0. The molecule has 4 heteroatoms. The van der Waals surface area contributed by atoms with Crippen LogP contribution in [0.2, 0.25) is 0 Å².